The molecule has 0 saturated heterocycles. The van der Waals surface area contributed by atoms with Gasteiger partial charge in [-0.05, 0) is 46.4 Å². The summed E-state index contributed by atoms with van der Waals surface area (Å²) in [5, 5.41) is 4.13. The number of benzene rings is 1. The van der Waals surface area contributed by atoms with Crippen LogP contribution in [0.15, 0.2) is 42.2 Å². The molecule has 0 aliphatic carbocycles. The number of rotatable bonds is 4. The summed E-state index contributed by atoms with van der Waals surface area (Å²) >= 11 is 2.28. The van der Waals surface area contributed by atoms with E-state index >= 15 is 0 Å². The van der Waals surface area contributed by atoms with Crippen molar-refractivity contribution in [2.45, 2.75) is 6.42 Å². The standard InChI is InChI=1S/C14H14IN3/c1-3-12-8-13(15)4-5-14(12)16-7-6-11-9-17-18(2)10-11/h3-5,7-10H,1,6H2,2H3/b16-7-. The lowest BCUT2D eigenvalue weighted by molar-refractivity contribution is 0.767. The number of aliphatic imine (C=N–C) groups is 1. The fourth-order valence-electron chi connectivity index (χ4n) is 1.63. The Labute approximate surface area is 120 Å². The maximum Gasteiger partial charge on any atom is 0.0698 e. The van der Waals surface area contributed by atoms with Gasteiger partial charge in [-0.25, -0.2) is 0 Å². The minimum atomic E-state index is 0.788. The first-order chi connectivity index (χ1) is 8.69. The molecule has 0 bridgehead atoms. The molecule has 1 aromatic carbocycles. The molecule has 0 unspecified atom stereocenters. The zero-order valence-corrected chi connectivity index (χ0v) is 12.3. The number of aryl methyl sites for hydroxylation is 1. The van der Waals surface area contributed by atoms with E-state index in [9.17, 15) is 0 Å². The molecule has 0 fully saturated rings. The Morgan fingerprint density at radius 3 is 3.00 bits per heavy atom. The summed E-state index contributed by atoms with van der Waals surface area (Å²) < 4.78 is 2.98. The smallest absolute Gasteiger partial charge is 0.0698 e. The molecule has 0 spiro atoms. The second-order valence-corrected chi connectivity index (χ2v) is 5.19. The number of halogens is 1. The van der Waals surface area contributed by atoms with Crippen molar-refractivity contribution in [2.24, 2.45) is 12.0 Å². The Bertz CT molecular complexity index is 584. The Kier molecular flexibility index (Phi) is 4.30. The van der Waals surface area contributed by atoms with Crippen molar-refractivity contribution in [3.05, 3.63) is 51.9 Å². The van der Waals surface area contributed by atoms with Crippen molar-refractivity contribution in [1.82, 2.24) is 9.78 Å². The van der Waals surface area contributed by atoms with Crippen molar-refractivity contribution in [3.63, 3.8) is 0 Å². The van der Waals surface area contributed by atoms with Gasteiger partial charge in [-0.3, -0.25) is 9.67 Å². The van der Waals surface area contributed by atoms with Gasteiger partial charge in [0.25, 0.3) is 0 Å². The topological polar surface area (TPSA) is 30.2 Å². The monoisotopic (exact) mass is 351 g/mol. The molecule has 0 amide bonds. The summed E-state index contributed by atoms with van der Waals surface area (Å²) in [4.78, 5) is 4.49. The minimum absolute atomic E-state index is 0.788. The quantitative estimate of drug-likeness (QED) is 0.611. The van der Waals surface area contributed by atoms with Crippen LogP contribution in [0.3, 0.4) is 0 Å². The summed E-state index contributed by atoms with van der Waals surface area (Å²) in [6, 6.07) is 6.13. The number of nitrogens with zero attached hydrogens (tertiary/aromatic N) is 3. The summed E-state index contributed by atoms with van der Waals surface area (Å²) in [7, 11) is 1.91. The molecule has 0 atom stereocenters. The predicted octanol–water partition coefficient (Wildman–Crippen LogP) is 3.61. The van der Waals surface area contributed by atoms with Crippen LogP contribution in [0.5, 0.6) is 0 Å². The molecule has 2 aromatic rings. The molecule has 3 nitrogen and oxygen atoms in total. The van der Waals surface area contributed by atoms with Gasteiger partial charge in [0.05, 0.1) is 11.9 Å². The molecule has 0 radical (unpaired) electrons. The van der Waals surface area contributed by atoms with Gasteiger partial charge in [0, 0.05) is 35.0 Å². The van der Waals surface area contributed by atoms with Gasteiger partial charge >= 0.3 is 0 Å². The number of hydrogen-bond donors (Lipinski definition) is 0. The zero-order chi connectivity index (χ0) is 13.0. The van der Waals surface area contributed by atoms with Crippen LogP contribution in [0.4, 0.5) is 5.69 Å². The first-order valence-corrected chi connectivity index (χ1v) is 6.69. The predicted molar refractivity (Wildman–Crippen MR) is 84.3 cm³/mol. The van der Waals surface area contributed by atoms with Crippen LogP contribution in [-0.2, 0) is 13.5 Å². The van der Waals surface area contributed by atoms with Gasteiger partial charge in [0.15, 0.2) is 0 Å². The van der Waals surface area contributed by atoms with Gasteiger partial charge < -0.3 is 0 Å². The summed E-state index contributed by atoms with van der Waals surface area (Å²) in [5.74, 6) is 0. The highest BCUT2D eigenvalue weighted by Gasteiger charge is 1.98. The second-order valence-electron chi connectivity index (χ2n) is 3.95. The Morgan fingerprint density at radius 1 is 1.50 bits per heavy atom. The molecule has 0 saturated carbocycles. The Balaban J connectivity index is 2.11. The summed E-state index contributed by atoms with van der Waals surface area (Å²) in [6.07, 6.45) is 8.38. The van der Waals surface area contributed by atoms with Crippen molar-refractivity contribution >= 4 is 40.6 Å². The van der Waals surface area contributed by atoms with Crippen LogP contribution in [0, 0.1) is 3.57 Å². The molecular weight excluding hydrogens is 337 g/mol. The van der Waals surface area contributed by atoms with Gasteiger partial charge in [0.1, 0.15) is 0 Å². The normalized spacial score (nSPS) is 11.0. The van der Waals surface area contributed by atoms with Crippen LogP contribution >= 0.6 is 22.6 Å². The Hall–Kier alpha value is -1.43. The third kappa shape index (κ3) is 3.29. The van der Waals surface area contributed by atoms with Crippen molar-refractivity contribution in [2.75, 3.05) is 0 Å². The molecule has 1 heterocycles. The van der Waals surface area contributed by atoms with E-state index in [0.717, 1.165) is 23.2 Å². The van der Waals surface area contributed by atoms with Crippen LogP contribution in [0.2, 0.25) is 0 Å². The van der Waals surface area contributed by atoms with E-state index < -0.39 is 0 Å². The van der Waals surface area contributed by atoms with Gasteiger partial charge in [-0.15, -0.1) is 0 Å². The van der Waals surface area contributed by atoms with E-state index in [-0.39, 0.29) is 0 Å². The maximum atomic E-state index is 4.49. The molecule has 0 aliphatic heterocycles. The molecule has 18 heavy (non-hydrogen) atoms. The zero-order valence-electron chi connectivity index (χ0n) is 10.2. The van der Waals surface area contributed by atoms with Crippen molar-refractivity contribution in [3.8, 4) is 0 Å². The fraction of sp³-hybridized carbons (Fsp3) is 0.143. The average molecular weight is 351 g/mol. The van der Waals surface area contributed by atoms with E-state index in [1.54, 1.807) is 4.68 Å². The number of aromatic nitrogens is 2. The summed E-state index contributed by atoms with van der Waals surface area (Å²) in [5.41, 5.74) is 3.17. The first-order valence-electron chi connectivity index (χ1n) is 5.61. The second kappa shape index (κ2) is 5.95. The van der Waals surface area contributed by atoms with Crippen LogP contribution in [0.25, 0.3) is 6.08 Å². The van der Waals surface area contributed by atoms with Crippen LogP contribution < -0.4 is 0 Å². The lowest BCUT2D eigenvalue weighted by atomic mass is 10.2. The highest BCUT2D eigenvalue weighted by Crippen LogP contribution is 2.22. The van der Waals surface area contributed by atoms with Gasteiger partial charge in [-0.2, -0.15) is 5.10 Å². The van der Waals surface area contributed by atoms with Crippen molar-refractivity contribution < 1.29 is 0 Å². The first kappa shape index (κ1) is 13.0. The van der Waals surface area contributed by atoms with E-state index in [1.165, 1.54) is 3.57 Å². The molecule has 0 aliphatic rings. The third-order valence-electron chi connectivity index (χ3n) is 2.53. The lowest BCUT2D eigenvalue weighted by Gasteiger charge is -2.00. The summed E-state index contributed by atoms with van der Waals surface area (Å²) in [6.45, 7) is 3.81. The highest BCUT2D eigenvalue weighted by atomic mass is 127. The fourth-order valence-corrected chi connectivity index (χ4v) is 2.15. The maximum absolute atomic E-state index is 4.49. The van der Waals surface area contributed by atoms with Crippen molar-refractivity contribution in [1.29, 1.82) is 0 Å². The molecule has 92 valence electrons. The SMILES string of the molecule is C=Cc1cc(I)ccc1/N=C\Cc1cnn(C)c1. The van der Waals surface area contributed by atoms with Gasteiger partial charge in [-0.1, -0.05) is 12.7 Å². The Morgan fingerprint density at radius 2 is 2.33 bits per heavy atom. The molecule has 1 aromatic heterocycles. The minimum Gasteiger partial charge on any atom is -0.276 e. The third-order valence-corrected chi connectivity index (χ3v) is 3.20. The van der Waals surface area contributed by atoms with Crippen LogP contribution in [-0.4, -0.2) is 16.0 Å². The lowest BCUT2D eigenvalue weighted by Crippen LogP contribution is -1.86. The van der Waals surface area contributed by atoms with Crippen LogP contribution in [0.1, 0.15) is 11.1 Å². The van der Waals surface area contributed by atoms with E-state index in [2.05, 4.69) is 45.3 Å². The molecule has 2 rings (SSSR count). The van der Waals surface area contributed by atoms with E-state index in [4.69, 9.17) is 0 Å². The highest BCUT2D eigenvalue weighted by molar-refractivity contribution is 14.1. The molecule has 4 heteroatoms. The van der Waals surface area contributed by atoms with E-state index in [1.807, 2.05) is 43.9 Å². The molecular formula is C14H14IN3. The molecule has 0 N–H and O–H groups in total. The average Bonchev–Trinajstić information content (AvgIpc) is 2.77. The largest absolute Gasteiger partial charge is 0.276 e. The van der Waals surface area contributed by atoms with E-state index in [0.29, 0.717) is 0 Å². The number of hydrogen-bond acceptors (Lipinski definition) is 2. The van der Waals surface area contributed by atoms with Gasteiger partial charge in [0.2, 0.25) is 0 Å².